The standard InChI is InChI=1S/C30H41N3O5S/c1-9-18-33(28(35)24(17-19-39-8)32-29(36)38-30(4,5)6)26(25-20(2)11-10-12-21(25)3)27(34)31-22-13-15-23(37-7)16-14-22/h9-16,24,26H,1,17-19H2,2-8H3,(H,31,34)(H,32,36). The molecule has 0 aliphatic heterocycles. The summed E-state index contributed by atoms with van der Waals surface area (Å²) in [4.78, 5) is 42.2. The second-order valence-corrected chi connectivity index (χ2v) is 11.2. The van der Waals surface area contributed by atoms with Crippen molar-refractivity contribution in [1.29, 1.82) is 0 Å². The van der Waals surface area contributed by atoms with Crippen LogP contribution in [0.1, 0.15) is 49.9 Å². The molecule has 39 heavy (non-hydrogen) atoms. The van der Waals surface area contributed by atoms with E-state index in [1.165, 1.54) is 4.90 Å². The Hall–Kier alpha value is -3.46. The number of nitrogens with one attached hydrogen (secondary N) is 2. The van der Waals surface area contributed by atoms with Gasteiger partial charge < -0.3 is 25.0 Å². The Morgan fingerprint density at radius 2 is 1.69 bits per heavy atom. The fraction of sp³-hybridized carbons (Fsp3) is 0.433. The first kappa shape index (κ1) is 31.8. The number of thioether (sulfide) groups is 1. The van der Waals surface area contributed by atoms with Crippen LogP contribution in [-0.4, -0.2) is 60.1 Å². The van der Waals surface area contributed by atoms with Crippen molar-refractivity contribution in [3.8, 4) is 5.75 Å². The van der Waals surface area contributed by atoms with E-state index in [-0.39, 0.29) is 12.5 Å². The number of benzene rings is 2. The van der Waals surface area contributed by atoms with Gasteiger partial charge in [0.1, 0.15) is 23.4 Å². The maximum atomic E-state index is 14.1. The number of methoxy groups -OCH3 is 1. The summed E-state index contributed by atoms with van der Waals surface area (Å²) in [6.45, 7) is 13.0. The Morgan fingerprint density at radius 3 is 2.21 bits per heavy atom. The first-order valence-corrected chi connectivity index (χ1v) is 14.2. The smallest absolute Gasteiger partial charge is 0.408 e. The van der Waals surface area contributed by atoms with Gasteiger partial charge in [-0.15, -0.1) is 6.58 Å². The van der Waals surface area contributed by atoms with Gasteiger partial charge in [-0.3, -0.25) is 9.59 Å². The first-order valence-electron chi connectivity index (χ1n) is 12.8. The minimum absolute atomic E-state index is 0.0963. The molecule has 8 nitrogen and oxygen atoms in total. The van der Waals surface area contributed by atoms with Gasteiger partial charge in [0.05, 0.1) is 7.11 Å². The topological polar surface area (TPSA) is 97.0 Å². The highest BCUT2D eigenvalue weighted by Gasteiger charge is 2.37. The van der Waals surface area contributed by atoms with Crippen LogP contribution < -0.4 is 15.4 Å². The van der Waals surface area contributed by atoms with Gasteiger partial charge in [0.2, 0.25) is 5.91 Å². The summed E-state index contributed by atoms with van der Waals surface area (Å²) in [6, 6.07) is 10.8. The third kappa shape index (κ3) is 9.35. The highest BCUT2D eigenvalue weighted by atomic mass is 32.2. The van der Waals surface area contributed by atoms with Gasteiger partial charge in [0.25, 0.3) is 5.91 Å². The van der Waals surface area contributed by atoms with Gasteiger partial charge >= 0.3 is 6.09 Å². The molecule has 2 atom stereocenters. The lowest BCUT2D eigenvalue weighted by Gasteiger charge is -2.35. The molecule has 3 amide bonds. The number of nitrogens with zero attached hydrogens (tertiary/aromatic N) is 1. The van der Waals surface area contributed by atoms with E-state index < -0.39 is 29.7 Å². The lowest BCUT2D eigenvalue weighted by Crippen LogP contribution is -2.52. The van der Waals surface area contributed by atoms with E-state index in [4.69, 9.17) is 9.47 Å². The molecule has 0 spiro atoms. The molecule has 0 heterocycles. The van der Waals surface area contributed by atoms with Crippen LogP contribution >= 0.6 is 11.8 Å². The van der Waals surface area contributed by atoms with Crippen LogP contribution in [0.2, 0.25) is 0 Å². The van der Waals surface area contributed by atoms with Gasteiger partial charge in [-0.05, 0) is 94.0 Å². The normalized spacial score (nSPS) is 12.6. The van der Waals surface area contributed by atoms with E-state index in [1.807, 2.05) is 38.3 Å². The highest BCUT2D eigenvalue weighted by molar-refractivity contribution is 7.98. The van der Waals surface area contributed by atoms with Crippen LogP contribution in [0.25, 0.3) is 0 Å². The average Bonchev–Trinajstić information content (AvgIpc) is 2.86. The Morgan fingerprint density at radius 1 is 1.08 bits per heavy atom. The zero-order valence-electron chi connectivity index (χ0n) is 24.0. The molecule has 2 rings (SSSR count). The van der Waals surface area contributed by atoms with E-state index in [0.717, 1.165) is 16.7 Å². The van der Waals surface area contributed by atoms with E-state index >= 15 is 0 Å². The minimum atomic E-state index is -0.976. The Labute approximate surface area is 236 Å². The summed E-state index contributed by atoms with van der Waals surface area (Å²) in [5.41, 5.74) is 2.30. The van der Waals surface area contributed by atoms with Gasteiger partial charge in [0, 0.05) is 12.2 Å². The predicted octanol–water partition coefficient (Wildman–Crippen LogP) is 5.65. The SMILES string of the molecule is C=CCN(C(=O)C(CCSC)NC(=O)OC(C)(C)C)C(C(=O)Nc1ccc(OC)cc1)c1c(C)cccc1C. The zero-order valence-corrected chi connectivity index (χ0v) is 24.8. The van der Waals surface area contributed by atoms with Crippen LogP contribution in [0, 0.1) is 13.8 Å². The van der Waals surface area contributed by atoms with Gasteiger partial charge in [0.15, 0.2) is 0 Å². The van der Waals surface area contributed by atoms with E-state index in [9.17, 15) is 14.4 Å². The molecule has 0 aliphatic rings. The van der Waals surface area contributed by atoms with Gasteiger partial charge in [-0.1, -0.05) is 24.3 Å². The summed E-state index contributed by atoms with van der Waals surface area (Å²) in [5.74, 6) is 0.508. The summed E-state index contributed by atoms with van der Waals surface area (Å²) < 4.78 is 10.7. The maximum absolute atomic E-state index is 14.1. The number of hydrogen-bond acceptors (Lipinski definition) is 6. The Kier molecular flexibility index (Phi) is 11.9. The Bertz CT molecular complexity index is 1120. The van der Waals surface area contributed by atoms with Crippen molar-refractivity contribution in [2.24, 2.45) is 0 Å². The molecule has 0 saturated carbocycles. The number of carbonyl (C=O) groups excluding carboxylic acids is 3. The van der Waals surface area contributed by atoms with Crippen molar-refractivity contribution < 1.29 is 23.9 Å². The van der Waals surface area contributed by atoms with E-state index in [1.54, 1.807) is 70.0 Å². The highest BCUT2D eigenvalue weighted by Crippen LogP contribution is 2.30. The van der Waals surface area contributed by atoms with Crippen LogP contribution in [0.15, 0.2) is 55.1 Å². The molecule has 0 aliphatic carbocycles. The molecule has 2 unspecified atom stereocenters. The third-order valence-corrected chi connectivity index (χ3v) is 6.59. The number of amides is 3. The van der Waals surface area contributed by atoms with Crippen molar-refractivity contribution >= 4 is 35.4 Å². The molecule has 212 valence electrons. The second-order valence-electron chi connectivity index (χ2n) is 10.2. The Balaban J connectivity index is 2.54. The molecular formula is C30H41N3O5S. The number of rotatable bonds is 12. The summed E-state index contributed by atoms with van der Waals surface area (Å²) in [7, 11) is 1.57. The molecular weight excluding hydrogens is 514 g/mol. The molecule has 0 fully saturated rings. The lowest BCUT2D eigenvalue weighted by atomic mass is 9.93. The molecule has 0 saturated heterocycles. The van der Waals surface area contributed by atoms with Crippen molar-refractivity contribution in [3.63, 3.8) is 0 Å². The van der Waals surface area contributed by atoms with Crippen molar-refractivity contribution in [1.82, 2.24) is 10.2 Å². The van der Waals surface area contributed by atoms with E-state index in [2.05, 4.69) is 17.2 Å². The maximum Gasteiger partial charge on any atom is 0.408 e. The average molecular weight is 556 g/mol. The van der Waals surface area contributed by atoms with Gasteiger partial charge in [-0.2, -0.15) is 11.8 Å². The molecule has 2 N–H and O–H groups in total. The number of carbonyl (C=O) groups is 3. The van der Waals surface area contributed by atoms with Crippen molar-refractivity contribution in [2.45, 2.75) is 58.7 Å². The van der Waals surface area contributed by atoms with Crippen LogP contribution in [0.3, 0.4) is 0 Å². The quantitative estimate of drug-likeness (QED) is 0.329. The lowest BCUT2D eigenvalue weighted by molar-refractivity contribution is -0.140. The van der Waals surface area contributed by atoms with Crippen LogP contribution in [-0.2, 0) is 14.3 Å². The number of aryl methyl sites for hydroxylation is 2. The molecule has 0 aromatic heterocycles. The molecule has 0 radical (unpaired) electrons. The van der Waals surface area contributed by atoms with Crippen molar-refractivity contribution in [2.75, 3.05) is 31.0 Å². The molecule has 2 aromatic carbocycles. The van der Waals surface area contributed by atoms with Gasteiger partial charge in [-0.25, -0.2) is 4.79 Å². The molecule has 2 aromatic rings. The number of alkyl carbamates (subject to hydrolysis) is 1. The number of anilines is 1. The van der Waals surface area contributed by atoms with E-state index in [0.29, 0.717) is 23.6 Å². The van der Waals surface area contributed by atoms with Crippen LogP contribution in [0.4, 0.5) is 10.5 Å². The molecule has 0 bridgehead atoms. The fourth-order valence-electron chi connectivity index (χ4n) is 4.18. The third-order valence-electron chi connectivity index (χ3n) is 5.94. The van der Waals surface area contributed by atoms with Crippen LogP contribution in [0.5, 0.6) is 5.75 Å². The molecule has 9 heteroatoms. The summed E-state index contributed by atoms with van der Waals surface area (Å²) in [6.07, 6.45) is 3.19. The zero-order chi connectivity index (χ0) is 29.2. The fourth-order valence-corrected chi connectivity index (χ4v) is 4.65. The summed E-state index contributed by atoms with van der Waals surface area (Å²) >= 11 is 1.56. The number of hydrogen-bond donors (Lipinski definition) is 2. The van der Waals surface area contributed by atoms with Crippen molar-refractivity contribution in [3.05, 3.63) is 71.8 Å². The first-order chi connectivity index (χ1) is 18.4. The summed E-state index contributed by atoms with van der Waals surface area (Å²) in [5, 5.41) is 5.69. The monoisotopic (exact) mass is 555 g/mol. The second kappa shape index (κ2) is 14.6. The largest absolute Gasteiger partial charge is 0.497 e. The number of ether oxygens (including phenoxy) is 2. The predicted molar refractivity (Wildman–Crippen MR) is 158 cm³/mol. The minimum Gasteiger partial charge on any atom is -0.497 e.